The number of hydrogen-bond donors (Lipinski definition) is 1. The van der Waals surface area contributed by atoms with Crippen LogP contribution in [0.3, 0.4) is 0 Å². The Hall–Kier alpha value is -0.0900. The van der Waals surface area contributed by atoms with E-state index >= 15 is 0 Å². The smallest absolute Gasteiger partial charge is 0.224 e. The van der Waals surface area contributed by atoms with E-state index in [4.69, 9.17) is 0 Å². The summed E-state index contributed by atoms with van der Waals surface area (Å²) in [6, 6.07) is 0.448. The zero-order valence-electron chi connectivity index (χ0n) is 7.63. The first-order chi connectivity index (χ1) is 6.27. The average molecular weight is 247 g/mol. The molecule has 0 aromatic rings. The van der Waals surface area contributed by atoms with Crippen LogP contribution in [-0.2, 0) is 4.79 Å². The highest BCUT2D eigenvalue weighted by atomic mass is 79.9. The summed E-state index contributed by atoms with van der Waals surface area (Å²) in [5.74, 6) is 0.315. The second-order valence-corrected chi connectivity index (χ2v) is 5.14. The number of piperidine rings is 1. The lowest BCUT2D eigenvalue weighted by Crippen LogP contribution is -2.46. The fourth-order valence-electron chi connectivity index (χ4n) is 2.14. The minimum absolute atomic E-state index is 0.315. The van der Waals surface area contributed by atoms with Crippen molar-refractivity contribution in [1.29, 1.82) is 0 Å². The first-order valence-corrected chi connectivity index (χ1v) is 5.83. The summed E-state index contributed by atoms with van der Waals surface area (Å²) >= 11 is 3.50. The van der Waals surface area contributed by atoms with Crippen LogP contribution in [0.5, 0.6) is 0 Å². The third-order valence-corrected chi connectivity index (χ3v) is 3.44. The van der Waals surface area contributed by atoms with Crippen LogP contribution >= 0.6 is 15.9 Å². The molecule has 2 fully saturated rings. The van der Waals surface area contributed by atoms with E-state index in [9.17, 15) is 4.79 Å². The van der Waals surface area contributed by atoms with Gasteiger partial charge in [-0.05, 0) is 19.4 Å². The number of carbonyl (C=O) groups is 1. The number of nitrogens with zero attached hydrogens (tertiary/aromatic N) is 1. The van der Waals surface area contributed by atoms with Gasteiger partial charge >= 0.3 is 0 Å². The van der Waals surface area contributed by atoms with Gasteiger partial charge in [0.05, 0.1) is 0 Å². The molecule has 2 rings (SSSR count). The fraction of sp³-hybridized carbons (Fsp3) is 0.889. The maximum absolute atomic E-state index is 11.6. The molecule has 2 heterocycles. The number of nitrogens with one attached hydrogen (secondary N) is 1. The molecule has 0 spiro atoms. The second-order valence-electron chi connectivity index (χ2n) is 3.85. The minimum atomic E-state index is 0.315. The van der Waals surface area contributed by atoms with Crippen LogP contribution in [0.4, 0.5) is 0 Å². The lowest BCUT2D eigenvalue weighted by molar-refractivity contribution is -0.129. The normalized spacial score (nSPS) is 35.5. The molecule has 74 valence electrons. The molecule has 0 aromatic heterocycles. The molecule has 0 radical (unpaired) electrons. The zero-order chi connectivity index (χ0) is 9.26. The Labute approximate surface area is 87.0 Å². The lowest BCUT2D eigenvalue weighted by Gasteiger charge is -2.31. The summed E-state index contributed by atoms with van der Waals surface area (Å²) in [7, 11) is 0. The van der Waals surface area contributed by atoms with E-state index in [1.165, 1.54) is 12.8 Å². The number of carbonyl (C=O) groups excluding carboxylic acids is 1. The Balaban J connectivity index is 1.95. The largest absolute Gasteiger partial charge is 0.337 e. The Morgan fingerprint density at radius 1 is 1.54 bits per heavy atom. The van der Waals surface area contributed by atoms with Crippen molar-refractivity contribution in [1.82, 2.24) is 10.2 Å². The average Bonchev–Trinajstić information content (AvgIpc) is 2.47. The molecule has 0 aliphatic carbocycles. The van der Waals surface area contributed by atoms with Crippen molar-refractivity contribution < 1.29 is 4.79 Å². The Bertz CT molecular complexity index is 204. The SMILES string of the molecule is O=C1CC(Br)CN1[C@@H]1CCCNC1. The number of likely N-dealkylation sites (tertiary alicyclic amines) is 1. The number of amides is 1. The van der Waals surface area contributed by atoms with Gasteiger partial charge in [0.2, 0.25) is 5.91 Å². The molecule has 0 saturated carbocycles. The predicted molar refractivity (Wildman–Crippen MR) is 54.9 cm³/mol. The summed E-state index contributed by atoms with van der Waals surface area (Å²) in [4.78, 5) is 14.0. The second kappa shape index (κ2) is 3.96. The Kier molecular flexibility index (Phi) is 2.89. The molecule has 13 heavy (non-hydrogen) atoms. The zero-order valence-corrected chi connectivity index (χ0v) is 9.22. The minimum Gasteiger partial charge on any atom is -0.337 e. The van der Waals surface area contributed by atoms with E-state index in [0.717, 1.165) is 19.6 Å². The van der Waals surface area contributed by atoms with Crippen LogP contribution in [0.25, 0.3) is 0 Å². The van der Waals surface area contributed by atoms with Gasteiger partial charge in [-0.1, -0.05) is 15.9 Å². The summed E-state index contributed by atoms with van der Waals surface area (Å²) in [6.45, 7) is 2.98. The van der Waals surface area contributed by atoms with Gasteiger partial charge in [-0.25, -0.2) is 0 Å². The fourth-order valence-corrected chi connectivity index (χ4v) is 2.73. The van der Waals surface area contributed by atoms with Gasteiger partial charge in [-0.3, -0.25) is 4.79 Å². The molecule has 2 aliphatic rings. The van der Waals surface area contributed by atoms with Gasteiger partial charge in [0, 0.05) is 30.4 Å². The molecule has 3 nitrogen and oxygen atoms in total. The van der Waals surface area contributed by atoms with Crippen molar-refractivity contribution >= 4 is 21.8 Å². The van der Waals surface area contributed by atoms with E-state index in [2.05, 4.69) is 21.2 Å². The van der Waals surface area contributed by atoms with E-state index in [1.54, 1.807) is 0 Å². The highest BCUT2D eigenvalue weighted by molar-refractivity contribution is 9.09. The molecule has 4 heteroatoms. The molecule has 1 unspecified atom stereocenters. The van der Waals surface area contributed by atoms with E-state index in [0.29, 0.717) is 23.2 Å². The topological polar surface area (TPSA) is 32.3 Å². The van der Waals surface area contributed by atoms with Crippen LogP contribution in [0.15, 0.2) is 0 Å². The lowest BCUT2D eigenvalue weighted by atomic mass is 10.1. The van der Waals surface area contributed by atoms with Crippen LogP contribution in [0.2, 0.25) is 0 Å². The predicted octanol–water partition coefficient (Wildman–Crippen LogP) is 0.734. The first-order valence-electron chi connectivity index (χ1n) is 4.91. The molecule has 1 amide bonds. The summed E-state index contributed by atoms with van der Waals surface area (Å²) in [5.41, 5.74) is 0. The third-order valence-electron chi connectivity index (χ3n) is 2.82. The van der Waals surface area contributed by atoms with Gasteiger partial charge in [0.1, 0.15) is 0 Å². The van der Waals surface area contributed by atoms with E-state index < -0.39 is 0 Å². The summed E-state index contributed by atoms with van der Waals surface area (Å²) < 4.78 is 0. The molecule has 2 aliphatic heterocycles. The van der Waals surface area contributed by atoms with Crippen molar-refractivity contribution in [3.8, 4) is 0 Å². The van der Waals surface area contributed by atoms with Gasteiger partial charge in [-0.2, -0.15) is 0 Å². The van der Waals surface area contributed by atoms with Gasteiger partial charge < -0.3 is 10.2 Å². The van der Waals surface area contributed by atoms with E-state index in [1.807, 2.05) is 4.90 Å². The molecule has 2 atom stereocenters. The van der Waals surface area contributed by atoms with Gasteiger partial charge in [0.15, 0.2) is 0 Å². The number of hydrogen-bond acceptors (Lipinski definition) is 2. The van der Waals surface area contributed by atoms with E-state index in [-0.39, 0.29) is 0 Å². The molecule has 0 aromatic carbocycles. The van der Waals surface area contributed by atoms with Crippen molar-refractivity contribution in [2.45, 2.75) is 30.1 Å². The quantitative estimate of drug-likeness (QED) is 0.693. The first kappa shape index (κ1) is 9.46. The van der Waals surface area contributed by atoms with Crippen LogP contribution in [0.1, 0.15) is 19.3 Å². The van der Waals surface area contributed by atoms with Crippen LogP contribution in [0, 0.1) is 0 Å². The van der Waals surface area contributed by atoms with Crippen molar-refractivity contribution in [3.05, 3.63) is 0 Å². The number of rotatable bonds is 1. The number of alkyl halides is 1. The highest BCUT2D eigenvalue weighted by Gasteiger charge is 2.33. The van der Waals surface area contributed by atoms with Crippen molar-refractivity contribution in [3.63, 3.8) is 0 Å². The third kappa shape index (κ3) is 2.05. The van der Waals surface area contributed by atoms with Gasteiger partial charge in [0.25, 0.3) is 0 Å². The monoisotopic (exact) mass is 246 g/mol. The van der Waals surface area contributed by atoms with Crippen LogP contribution < -0.4 is 5.32 Å². The highest BCUT2D eigenvalue weighted by Crippen LogP contribution is 2.22. The maximum atomic E-state index is 11.6. The Morgan fingerprint density at radius 2 is 2.38 bits per heavy atom. The summed E-state index contributed by atoms with van der Waals surface area (Å²) in [6.07, 6.45) is 3.04. The molecule has 0 bridgehead atoms. The van der Waals surface area contributed by atoms with Crippen molar-refractivity contribution in [2.24, 2.45) is 0 Å². The molecule has 1 N–H and O–H groups in total. The molecular weight excluding hydrogens is 232 g/mol. The number of halogens is 1. The maximum Gasteiger partial charge on any atom is 0.224 e. The summed E-state index contributed by atoms with van der Waals surface area (Å²) in [5, 5.41) is 3.34. The Morgan fingerprint density at radius 3 is 2.92 bits per heavy atom. The molecular formula is C9H15BrN2O. The van der Waals surface area contributed by atoms with Crippen molar-refractivity contribution in [2.75, 3.05) is 19.6 Å². The molecule has 2 saturated heterocycles. The standard InChI is InChI=1S/C9H15BrN2O/c10-7-4-9(13)12(6-7)8-2-1-3-11-5-8/h7-8,11H,1-6H2/t7?,8-/m1/s1. The van der Waals surface area contributed by atoms with Gasteiger partial charge in [-0.15, -0.1) is 0 Å². The van der Waals surface area contributed by atoms with Crippen LogP contribution in [-0.4, -0.2) is 41.3 Å².